The number of rotatable bonds is 4. The third-order valence-electron chi connectivity index (χ3n) is 4.78. The van der Waals surface area contributed by atoms with Crippen molar-refractivity contribution in [3.8, 4) is 0 Å². The zero-order valence-corrected chi connectivity index (χ0v) is 14.2. The third kappa shape index (κ3) is 2.82. The van der Waals surface area contributed by atoms with Crippen LogP contribution in [0.5, 0.6) is 0 Å². The number of carbonyl (C=O) groups excluding carboxylic acids is 2. The number of hydrogen-bond donors (Lipinski definition) is 1. The highest BCUT2D eigenvalue weighted by atomic mass is 32.1. The lowest BCUT2D eigenvalue weighted by molar-refractivity contribution is -0.135. The van der Waals surface area contributed by atoms with Gasteiger partial charge in [-0.05, 0) is 18.4 Å². The summed E-state index contributed by atoms with van der Waals surface area (Å²) in [6.45, 7) is 3.71. The maximum absolute atomic E-state index is 12.6. The largest absolute Gasteiger partial charge is 0.348 e. The Hall–Kier alpha value is -2.22. The monoisotopic (exact) mass is 345 g/mol. The molecule has 7 nitrogen and oxygen atoms in total. The lowest BCUT2D eigenvalue weighted by Crippen LogP contribution is -2.45. The smallest absolute Gasteiger partial charge is 0.270 e. The average molecular weight is 345 g/mol. The van der Waals surface area contributed by atoms with Gasteiger partial charge in [-0.25, -0.2) is 4.98 Å². The Kier molecular flexibility index (Phi) is 3.84. The second-order valence-corrected chi connectivity index (χ2v) is 7.26. The maximum atomic E-state index is 12.6. The molecule has 2 aliphatic rings. The molecule has 1 aliphatic carbocycles. The van der Waals surface area contributed by atoms with E-state index < -0.39 is 0 Å². The van der Waals surface area contributed by atoms with Crippen molar-refractivity contribution in [2.45, 2.75) is 25.9 Å². The highest BCUT2D eigenvalue weighted by Gasteiger charge is 2.43. The SMILES string of the molecule is C[C@@H]1C[C@@H]1C(=O)N1Cc2ccnn2[C@H](CNC(=O)c2cscn2)C1. The van der Waals surface area contributed by atoms with Gasteiger partial charge in [0.15, 0.2) is 0 Å². The summed E-state index contributed by atoms with van der Waals surface area (Å²) in [7, 11) is 0. The second kappa shape index (κ2) is 6.01. The first kappa shape index (κ1) is 15.3. The van der Waals surface area contributed by atoms with Gasteiger partial charge in [0.1, 0.15) is 5.69 Å². The highest BCUT2D eigenvalue weighted by molar-refractivity contribution is 7.07. The van der Waals surface area contributed by atoms with Gasteiger partial charge in [-0.2, -0.15) is 5.10 Å². The first-order chi connectivity index (χ1) is 11.6. The number of nitrogens with one attached hydrogen (secondary N) is 1. The lowest BCUT2D eigenvalue weighted by Gasteiger charge is -2.34. The van der Waals surface area contributed by atoms with E-state index in [9.17, 15) is 9.59 Å². The predicted octanol–water partition coefficient (Wildman–Crippen LogP) is 1.31. The fourth-order valence-corrected chi connectivity index (χ4v) is 3.76. The molecule has 2 amide bonds. The normalized spacial score (nSPS) is 25.2. The van der Waals surface area contributed by atoms with Crippen molar-refractivity contribution in [2.24, 2.45) is 11.8 Å². The van der Waals surface area contributed by atoms with Crippen molar-refractivity contribution in [1.82, 2.24) is 25.0 Å². The summed E-state index contributed by atoms with van der Waals surface area (Å²) >= 11 is 1.39. The number of hydrogen-bond acceptors (Lipinski definition) is 5. The molecule has 1 saturated carbocycles. The van der Waals surface area contributed by atoms with Crippen LogP contribution in [-0.4, -0.2) is 44.6 Å². The molecule has 3 heterocycles. The zero-order chi connectivity index (χ0) is 16.7. The van der Waals surface area contributed by atoms with E-state index in [1.807, 2.05) is 15.6 Å². The Balaban J connectivity index is 1.45. The van der Waals surface area contributed by atoms with Crippen molar-refractivity contribution < 1.29 is 9.59 Å². The number of fused-ring (bicyclic) bond motifs is 1. The molecule has 0 radical (unpaired) electrons. The van der Waals surface area contributed by atoms with Crippen molar-refractivity contribution in [3.63, 3.8) is 0 Å². The van der Waals surface area contributed by atoms with Crippen molar-refractivity contribution in [2.75, 3.05) is 13.1 Å². The van der Waals surface area contributed by atoms with Crippen molar-refractivity contribution in [1.29, 1.82) is 0 Å². The van der Waals surface area contributed by atoms with Gasteiger partial charge in [0.05, 0.1) is 23.8 Å². The Morgan fingerprint density at radius 3 is 3.00 bits per heavy atom. The Labute approximate surface area is 143 Å². The summed E-state index contributed by atoms with van der Waals surface area (Å²) in [5, 5.41) is 8.99. The molecule has 8 heteroatoms. The minimum absolute atomic E-state index is 0.0515. The molecule has 1 aliphatic heterocycles. The van der Waals surface area contributed by atoms with Gasteiger partial charge in [-0.3, -0.25) is 14.3 Å². The zero-order valence-electron chi connectivity index (χ0n) is 13.4. The topological polar surface area (TPSA) is 80.1 Å². The second-order valence-electron chi connectivity index (χ2n) is 6.54. The van der Waals surface area contributed by atoms with E-state index in [1.165, 1.54) is 11.3 Å². The van der Waals surface area contributed by atoms with E-state index in [-0.39, 0.29) is 23.8 Å². The van der Waals surface area contributed by atoms with Crippen LogP contribution in [0.2, 0.25) is 0 Å². The van der Waals surface area contributed by atoms with Crippen LogP contribution in [0.15, 0.2) is 23.2 Å². The summed E-state index contributed by atoms with van der Waals surface area (Å²) < 4.78 is 1.92. The lowest BCUT2D eigenvalue weighted by atomic mass is 10.1. The molecule has 1 N–H and O–H groups in total. The minimum Gasteiger partial charge on any atom is -0.348 e. The standard InChI is InChI=1S/C16H19N5O2S/c1-10-4-13(10)16(23)20-6-11-2-3-19-21(11)12(7-20)5-17-15(22)14-8-24-9-18-14/h2-3,8-10,12-13H,4-7H2,1H3,(H,17,22)/t10-,12-,13+/m1/s1. The summed E-state index contributed by atoms with van der Waals surface area (Å²) in [6.07, 6.45) is 2.73. The fraction of sp³-hybridized carbons (Fsp3) is 0.500. The molecule has 0 aromatic carbocycles. The number of amides is 2. The van der Waals surface area contributed by atoms with Gasteiger partial charge < -0.3 is 10.2 Å². The van der Waals surface area contributed by atoms with E-state index in [0.717, 1.165) is 12.1 Å². The molecule has 2 aromatic heterocycles. The molecule has 24 heavy (non-hydrogen) atoms. The first-order valence-electron chi connectivity index (χ1n) is 8.11. The summed E-state index contributed by atoms with van der Waals surface area (Å²) in [5.74, 6) is 0.701. The van der Waals surface area contributed by atoms with Crippen LogP contribution in [0.3, 0.4) is 0 Å². The molecular formula is C16H19N5O2S. The number of carbonyl (C=O) groups is 2. The van der Waals surface area contributed by atoms with Crippen molar-refractivity contribution >= 4 is 23.2 Å². The molecule has 0 spiro atoms. The molecule has 0 unspecified atom stereocenters. The Morgan fingerprint density at radius 2 is 2.29 bits per heavy atom. The van der Waals surface area contributed by atoms with Gasteiger partial charge in [0.25, 0.3) is 5.91 Å². The molecule has 0 bridgehead atoms. The molecule has 126 valence electrons. The molecule has 2 aromatic rings. The van der Waals surface area contributed by atoms with Gasteiger partial charge in [-0.1, -0.05) is 6.92 Å². The quantitative estimate of drug-likeness (QED) is 0.906. The number of aromatic nitrogens is 3. The van der Waals surface area contributed by atoms with Gasteiger partial charge in [-0.15, -0.1) is 11.3 Å². The van der Waals surface area contributed by atoms with Gasteiger partial charge in [0.2, 0.25) is 5.91 Å². The van der Waals surface area contributed by atoms with Crippen molar-refractivity contribution in [3.05, 3.63) is 34.5 Å². The van der Waals surface area contributed by atoms with Crippen LogP contribution in [0.4, 0.5) is 0 Å². The molecule has 4 rings (SSSR count). The highest BCUT2D eigenvalue weighted by Crippen LogP contribution is 2.40. The van der Waals surface area contributed by atoms with Crippen LogP contribution < -0.4 is 5.32 Å². The minimum atomic E-state index is -0.191. The van der Waals surface area contributed by atoms with Crippen LogP contribution >= 0.6 is 11.3 Å². The Morgan fingerprint density at radius 1 is 1.46 bits per heavy atom. The van der Waals surface area contributed by atoms with E-state index in [0.29, 0.717) is 31.2 Å². The van der Waals surface area contributed by atoms with Gasteiger partial charge >= 0.3 is 0 Å². The summed E-state index contributed by atoms with van der Waals surface area (Å²) in [4.78, 5) is 30.6. The van der Waals surface area contributed by atoms with Crippen LogP contribution in [0.25, 0.3) is 0 Å². The summed E-state index contributed by atoms with van der Waals surface area (Å²) in [5.41, 5.74) is 3.07. The third-order valence-corrected chi connectivity index (χ3v) is 5.37. The van der Waals surface area contributed by atoms with Crippen LogP contribution in [0.1, 0.15) is 35.6 Å². The number of nitrogens with zero attached hydrogens (tertiary/aromatic N) is 4. The van der Waals surface area contributed by atoms with E-state index in [2.05, 4.69) is 22.3 Å². The first-order valence-corrected chi connectivity index (χ1v) is 9.05. The molecule has 1 fully saturated rings. The number of thiazole rings is 1. The Bertz CT molecular complexity index is 756. The van der Waals surface area contributed by atoms with Crippen LogP contribution in [-0.2, 0) is 11.3 Å². The van der Waals surface area contributed by atoms with Gasteiger partial charge in [0, 0.05) is 30.6 Å². The maximum Gasteiger partial charge on any atom is 0.270 e. The predicted molar refractivity (Wildman–Crippen MR) is 88.4 cm³/mol. The van der Waals surface area contributed by atoms with E-state index in [4.69, 9.17) is 0 Å². The average Bonchev–Trinajstić information content (AvgIpc) is 3.03. The fourth-order valence-electron chi connectivity index (χ4n) is 3.23. The summed E-state index contributed by atoms with van der Waals surface area (Å²) in [6, 6.07) is 1.88. The molecular weight excluding hydrogens is 326 g/mol. The molecule has 0 saturated heterocycles. The van der Waals surface area contributed by atoms with E-state index in [1.54, 1.807) is 17.1 Å². The molecule has 3 atom stereocenters. The van der Waals surface area contributed by atoms with E-state index >= 15 is 0 Å². The van der Waals surface area contributed by atoms with Crippen LogP contribution in [0, 0.1) is 11.8 Å².